The van der Waals surface area contributed by atoms with Crippen LogP contribution in [0.25, 0.3) is 0 Å². The topological polar surface area (TPSA) is 79.0 Å². The molecule has 3 amide bonds. The van der Waals surface area contributed by atoms with E-state index in [1.54, 1.807) is 34.1 Å². The van der Waals surface area contributed by atoms with Gasteiger partial charge in [-0.25, -0.2) is 4.79 Å². The number of rotatable bonds is 7. The molecule has 33 heavy (non-hydrogen) atoms. The van der Waals surface area contributed by atoms with Gasteiger partial charge in [0.25, 0.3) is 0 Å². The van der Waals surface area contributed by atoms with E-state index in [0.717, 1.165) is 18.4 Å². The van der Waals surface area contributed by atoms with Gasteiger partial charge < -0.3 is 19.9 Å². The average Bonchev–Trinajstić information content (AvgIpc) is 3.52. The monoisotopic (exact) mass is 469 g/mol. The molecule has 2 aliphatic heterocycles. The van der Waals surface area contributed by atoms with E-state index >= 15 is 0 Å². The Labute approximate surface area is 198 Å². The van der Waals surface area contributed by atoms with E-state index in [1.165, 1.54) is 0 Å². The molecular weight excluding hydrogens is 442 g/mol. The summed E-state index contributed by atoms with van der Waals surface area (Å²) in [5.74, 6) is 0.368. The number of hydrogen-bond acceptors (Lipinski definition) is 4. The van der Waals surface area contributed by atoms with Gasteiger partial charge in [-0.15, -0.1) is 0 Å². The van der Waals surface area contributed by atoms with Crippen molar-refractivity contribution in [2.24, 2.45) is 0 Å². The molecule has 2 aliphatic rings. The van der Waals surface area contributed by atoms with Crippen LogP contribution in [0.2, 0.25) is 5.02 Å². The standard InChI is InChI=1S/C25H28ClN3O4/c26-19-12-10-18(11-13-19)16-27-25(32)29-15-5-9-22(29)24(31)28-14-4-8-21(28)23(30)17-33-20-6-2-1-3-7-20/h1-3,6-7,10-13,21-22H,4-5,8-9,14-17H2,(H,27,32)/t21-,22+/m0/s1. The zero-order valence-corrected chi connectivity index (χ0v) is 19.2. The summed E-state index contributed by atoms with van der Waals surface area (Å²) in [6.45, 7) is 1.33. The molecule has 0 bridgehead atoms. The van der Waals surface area contributed by atoms with Gasteiger partial charge in [0.1, 0.15) is 18.4 Å². The summed E-state index contributed by atoms with van der Waals surface area (Å²) in [4.78, 5) is 42.2. The summed E-state index contributed by atoms with van der Waals surface area (Å²) in [6.07, 6.45) is 2.75. The summed E-state index contributed by atoms with van der Waals surface area (Å²) in [5.41, 5.74) is 0.929. The second kappa shape index (κ2) is 10.7. The molecule has 2 fully saturated rings. The average molecular weight is 470 g/mol. The first kappa shape index (κ1) is 23.1. The van der Waals surface area contributed by atoms with Gasteiger partial charge in [-0.2, -0.15) is 0 Å². The highest BCUT2D eigenvalue weighted by Crippen LogP contribution is 2.25. The van der Waals surface area contributed by atoms with Crippen LogP contribution in [0.5, 0.6) is 5.75 Å². The summed E-state index contributed by atoms with van der Waals surface area (Å²) in [6, 6.07) is 15.1. The number of amides is 3. The van der Waals surface area contributed by atoms with Crippen molar-refractivity contribution in [3.05, 3.63) is 65.2 Å². The molecule has 2 saturated heterocycles. The van der Waals surface area contributed by atoms with Crippen LogP contribution in [-0.4, -0.2) is 59.3 Å². The highest BCUT2D eigenvalue weighted by atomic mass is 35.5. The number of para-hydroxylation sites is 1. The van der Waals surface area contributed by atoms with Crippen molar-refractivity contribution in [1.82, 2.24) is 15.1 Å². The van der Waals surface area contributed by atoms with Crippen molar-refractivity contribution < 1.29 is 19.1 Å². The van der Waals surface area contributed by atoms with Gasteiger partial charge >= 0.3 is 6.03 Å². The summed E-state index contributed by atoms with van der Waals surface area (Å²) in [7, 11) is 0. The molecule has 0 spiro atoms. The molecule has 7 nitrogen and oxygen atoms in total. The highest BCUT2D eigenvalue weighted by Gasteiger charge is 2.42. The van der Waals surface area contributed by atoms with Crippen molar-refractivity contribution in [3.63, 3.8) is 0 Å². The van der Waals surface area contributed by atoms with E-state index in [9.17, 15) is 14.4 Å². The molecule has 0 saturated carbocycles. The van der Waals surface area contributed by atoms with Crippen LogP contribution in [0, 0.1) is 0 Å². The van der Waals surface area contributed by atoms with Gasteiger partial charge in [0.15, 0.2) is 5.78 Å². The number of carbonyl (C=O) groups is 3. The lowest BCUT2D eigenvalue weighted by Crippen LogP contribution is -2.53. The van der Waals surface area contributed by atoms with Crippen LogP contribution in [0.3, 0.4) is 0 Å². The molecule has 0 radical (unpaired) electrons. The third-order valence-corrected chi connectivity index (χ3v) is 6.44. The first-order chi connectivity index (χ1) is 16.0. The Morgan fingerprint density at radius 3 is 2.30 bits per heavy atom. The number of nitrogens with one attached hydrogen (secondary N) is 1. The smallest absolute Gasteiger partial charge is 0.318 e. The van der Waals surface area contributed by atoms with Crippen LogP contribution in [-0.2, 0) is 16.1 Å². The van der Waals surface area contributed by atoms with Gasteiger partial charge in [-0.05, 0) is 55.5 Å². The molecule has 174 valence electrons. The predicted octanol–water partition coefficient (Wildman–Crippen LogP) is 3.65. The molecule has 8 heteroatoms. The largest absolute Gasteiger partial charge is 0.486 e. The van der Waals surface area contributed by atoms with Crippen molar-refractivity contribution in [1.29, 1.82) is 0 Å². The summed E-state index contributed by atoms with van der Waals surface area (Å²) in [5, 5.41) is 3.53. The van der Waals surface area contributed by atoms with Crippen molar-refractivity contribution in [2.45, 2.75) is 44.3 Å². The van der Waals surface area contributed by atoms with Crippen LogP contribution < -0.4 is 10.1 Å². The number of ketones is 1. The van der Waals surface area contributed by atoms with Gasteiger partial charge in [0, 0.05) is 24.7 Å². The molecule has 4 rings (SSSR count). The Morgan fingerprint density at radius 1 is 0.909 bits per heavy atom. The van der Waals surface area contributed by atoms with E-state index in [1.807, 2.05) is 30.3 Å². The van der Waals surface area contributed by atoms with Crippen LogP contribution in [0.15, 0.2) is 54.6 Å². The van der Waals surface area contributed by atoms with E-state index in [-0.39, 0.29) is 24.3 Å². The summed E-state index contributed by atoms with van der Waals surface area (Å²) >= 11 is 5.91. The number of halogens is 1. The fourth-order valence-corrected chi connectivity index (χ4v) is 4.60. The van der Waals surface area contributed by atoms with E-state index in [4.69, 9.17) is 16.3 Å². The molecule has 2 aromatic rings. The highest BCUT2D eigenvalue weighted by molar-refractivity contribution is 6.30. The predicted molar refractivity (Wildman–Crippen MR) is 125 cm³/mol. The number of likely N-dealkylation sites (tertiary alicyclic amines) is 2. The lowest BCUT2D eigenvalue weighted by molar-refractivity contribution is -0.141. The Hall–Kier alpha value is -3.06. The number of carbonyl (C=O) groups excluding carboxylic acids is 3. The quantitative estimate of drug-likeness (QED) is 0.671. The Balaban J connectivity index is 1.34. The minimum Gasteiger partial charge on any atom is -0.486 e. The van der Waals surface area contributed by atoms with E-state index in [0.29, 0.717) is 43.2 Å². The van der Waals surface area contributed by atoms with Crippen molar-refractivity contribution in [2.75, 3.05) is 19.7 Å². The molecule has 2 atom stereocenters. The lowest BCUT2D eigenvalue weighted by atomic mass is 10.1. The number of hydrogen-bond donors (Lipinski definition) is 1. The number of nitrogens with zero attached hydrogens (tertiary/aromatic N) is 2. The van der Waals surface area contributed by atoms with Crippen LogP contribution in [0.1, 0.15) is 31.2 Å². The second-order valence-electron chi connectivity index (χ2n) is 8.39. The maximum absolute atomic E-state index is 13.4. The molecular formula is C25H28ClN3O4. The number of ether oxygens (including phenoxy) is 1. The van der Waals surface area contributed by atoms with Gasteiger partial charge in [0.2, 0.25) is 5.91 Å². The van der Waals surface area contributed by atoms with Gasteiger partial charge in [0.05, 0.1) is 6.04 Å². The zero-order chi connectivity index (χ0) is 23.2. The molecule has 0 aromatic heterocycles. The fraction of sp³-hybridized carbons (Fsp3) is 0.400. The molecule has 1 N–H and O–H groups in total. The Morgan fingerprint density at radius 2 is 1.58 bits per heavy atom. The van der Waals surface area contributed by atoms with Gasteiger partial charge in [-0.1, -0.05) is 41.9 Å². The van der Waals surface area contributed by atoms with Crippen molar-refractivity contribution >= 4 is 29.3 Å². The molecule has 2 heterocycles. The molecule has 0 unspecified atom stereocenters. The maximum atomic E-state index is 13.4. The SMILES string of the molecule is O=C(COc1ccccc1)[C@@H]1CCCN1C(=O)[C@H]1CCCN1C(=O)NCc1ccc(Cl)cc1. The first-order valence-corrected chi connectivity index (χ1v) is 11.7. The summed E-state index contributed by atoms with van der Waals surface area (Å²) < 4.78 is 5.60. The first-order valence-electron chi connectivity index (χ1n) is 11.3. The number of urea groups is 1. The normalized spacial score (nSPS) is 20.0. The van der Waals surface area contributed by atoms with Crippen LogP contribution >= 0.6 is 11.6 Å². The third-order valence-electron chi connectivity index (χ3n) is 6.19. The molecule has 2 aromatic carbocycles. The minimum absolute atomic E-state index is 0.0750. The van der Waals surface area contributed by atoms with E-state index in [2.05, 4.69) is 5.32 Å². The maximum Gasteiger partial charge on any atom is 0.318 e. The fourth-order valence-electron chi connectivity index (χ4n) is 4.47. The number of Topliss-reactive ketones (excluding diaryl/α,β-unsaturated/α-hetero) is 1. The minimum atomic E-state index is -0.543. The lowest BCUT2D eigenvalue weighted by Gasteiger charge is -2.31. The van der Waals surface area contributed by atoms with Crippen molar-refractivity contribution in [3.8, 4) is 5.75 Å². The third kappa shape index (κ3) is 5.66. The van der Waals surface area contributed by atoms with Crippen LogP contribution in [0.4, 0.5) is 4.79 Å². The van der Waals surface area contributed by atoms with E-state index < -0.39 is 12.1 Å². The molecule has 0 aliphatic carbocycles. The Bertz CT molecular complexity index is 983. The second-order valence-corrected chi connectivity index (χ2v) is 8.83. The zero-order valence-electron chi connectivity index (χ0n) is 18.4. The number of benzene rings is 2. The Kier molecular flexibility index (Phi) is 7.50. The van der Waals surface area contributed by atoms with Gasteiger partial charge in [-0.3, -0.25) is 9.59 Å².